The monoisotopic (exact) mass is 593 g/mol. The highest BCUT2D eigenvalue weighted by atomic mass is 35.5. The van der Waals surface area contributed by atoms with E-state index in [1.807, 2.05) is 44.2 Å². The second kappa shape index (κ2) is 12.2. The number of aliphatic carboxylic acids is 1. The molecule has 1 heterocycles. The van der Waals surface area contributed by atoms with Gasteiger partial charge in [0.25, 0.3) is 0 Å². The van der Waals surface area contributed by atoms with Crippen LogP contribution in [0, 0.1) is 11.3 Å². The molecular formula is C30H37Cl2NO5S. The molecule has 9 heteroatoms. The summed E-state index contributed by atoms with van der Waals surface area (Å²) in [5.41, 5.74) is 0.572. The van der Waals surface area contributed by atoms with Gasteiger partial charge in [-0.25, -0.2) is 8.42 Å². The molecular weight excluding hydrogens is 557 g/mol. The number of unbranched alkanes of at least 4 members (excludes halogenated alkanes) is 1. The lowest BCUT2D eigenvalue weighted by molar-refractivity contribution is -0.162. The van der Waals surface area contributed by atoms with E-state index in [1.165, 1.54) is 0 Å². The van der Waals surface area contributed by atoms with Crippen LogP contribution in [0.25, 0.3) is 0 Å². The smallest absolute Gasteiger partial charge is 0.304 e. The Balaban J connectivity index is 1.92. The Morgan fingerprint density at radius 1 is 1.08 bits per heavy atom. The fourth-order valence-electron chi connectivity index (χ4n) is 6.15. The van der Waals surface area contributed by atoms with Gasteiger partial charge in [-0.2, -0.15) is 0 Å². The van der Waals surface area contributed by atoms with E-state index >= 15 is 0 Å². The number of rotatable bonds is 12. The second-order valence-corrected chi connectivity index (χ2v) is 14.3. The number of carbonyl (C=O) groups excluding carboxylic acids is 1. The van der Waals surface area contributed by atoms with E-state index in [4.69, 9.17) is 23.2 Å². The van der Waals surface area contributed by atoms with Gasteiger partial charge in [0.15, 0.2) is 9.84 Å². The quantitative estimate of drug-likeness (QED) is 0.288. The topological polar surface area (TPSA) is 91.8 Å². The fraction of sp³-hybridized carbons (Fsp3) is 0.533. The van der Waals surface area contributed by atoms with Crippen molar-refractivity contribution >= 4 is 44.9 Å². The Morgan fingerprint density at radius 2 is 1.77 bits per heavy atom. The van der Waals surface area contributed by atoms with Gasteiger partial charge in [0.05, 0.1) is 29.4 Å². The molecule has 2 aromatic rings. The van der Waals surface area contributed by atoms with Crippen molar-refractivity contribution in [2.75, 3.05) is 11.5 Å². The van der Waals surface area contributed by atoms with Gasteiger partial charge in [0, 0.05) is 22.0 Å². The number of amides is 1. The summed E-state index contributed by atoms with van der Waals surface area (Å²) >= 11 is 12.7. The highest BCUT2D eigenvalue weighted by Gasteiger charge is 2.56. The SMILES string of the molecule is CCCCS(=O)(=O)CC(C1CC1)N1C(=O)C(CC)(CC(=O)O)CC(c2cccc(Cl)c2)C1c1ccc(Cl)cc1. The van der Waals surface area contributed by atoms with Gasteiger partial charge in [-0.3, -0.25) is 9.59 Å². The van der Waals surface area contributed by atoms with Gasteiger partial charge >= 0.3 is 5.97 Å². The van der Waals surface area contributed by atoms with Crippen molar-refractivity contribution in [3.05, 3.63) is 69.7 Å². The first kappa shape index (κ1) is 29.9. The van der Waals surface area contributed by atoms with E-state index in [0.717, 1.165) is 30.4 Å². The van der Waals surface area contributed by atoms with E-state index < -0.39 is 33.3 Å². The first-order chi connectivity index (χ1) is 18.5. The molecule has 0 bridgehead atoms. The molecule has 1 amide bonds. The molecule has 1 aliphatic carbocycles. The molecule has 1 saturated carbocycles. The minimum atomic E-state index is -3.44. The van der Waals surface area contributed by atoms with Crippen LogP contribution in [0.5, 0.6) is 0 Å². The molecule has 6 nitrogen and oxygen atoms in total. The van der Waals surface area contributed by atoms with Gasteiger partial charge < -0.3 is 10.0 Å². The number of carboxylic acids is 1. The van der Waals surface area contributed by atoms with Crippen molar-refractivity contribution in [2.24, 2.45) is 11.3 Å². The summed E-state index contributed by atoms with van der Waals surface area (Å²) in [6.07, 6.45) is 3.34. The molecule has 212 valence electrons. The maximum atomic E-state index is 14.6. The summed E-state index contributed by atoms with van der Waals surface area (Å²) in [6, 6.07) is 13.8. The van der Waals surface area contributed by atoms with Gasteiger partial charge in [-0.05, 0) is 73.4 Å². The zero-order valence-electron chi connectivity index (χ0n) is 22.5. The zero-order chi connectivity index (χ0) is 28.4. The second-order valence-electron chi connectivity index (χ2n) is 11.2. The summed E-state index contributed by atoms with van der Waals surface area (Å²) in [5, 5.41) is 11.0. The normalized spacial score (nSPS) is 24.5. The number of likely N-dealkylation sites (tertiary alicyclic amines) is 1. The van der Waals surface area contributed by atoms with Crippen LogP contribution in [0.4, 0.5) is 0 Å². The summed E-state index contributed by atoms with van der Waals surface area (Å²) in [6.45, 7) is 3.80. The van der Waals surface area contributed by atoms with Gasteiger partial charge in [0.2, 0.25) is 5.91 Å². The third-order valence-electron chi connectivity index (χ3n) is 8.39. The van der Waals surface area contributed by atoms with E-state index in [0.29, 0.717) is 29.3 Å². The predicted molar refractivity (Wildman–Crippen MR) is 155 cm³/mol. The van der Waals surface area contributed by atoms with E-state index in [2.05, 4.69) is 0 Å². The number of hydrogen-bond donors (Lipinski definition) is 1. The Kier molecular flexibility index (Phi) is 9.34. The molecule has 1 saturated heterocycles. The molecule has 1 N–H and O–H groups in total. The fourth-order valence-corrected chi connectivity index (χ4v) is 8.32. The Bertz CT molecular complexity index is 1290. The minimum Gasteiger partial charge on any atom is -0.481 e. The molecule has 4 atom stereocenters. The zero-order valence-corrected chi connectivity index (χ0v) is 24.8. The summed E-state index contributed by atoms with van der Waals surface area (Å²) < 4.78 is 26.6. The van der Waals surface area contributed by atoms with Crippen LogP contribution < -0.4 is 0 Å². The number of piperidine rings is 1. The first-order valence-corrected chi connectivity index (χ1v) is 16.3. The molecule has 1 aliphatic heterocycles. The van der Waals surface area contributed by atoms with Crippen molar-refractivity contribution in [3.63, 3.8) is 0 Å². The summed E-state index contributed by atoms with van der Waals surface area (Å²) in [7, 11) is -3.44. The summed E-state index contributed by atoms with van der Waals surface area (Å²) in [5.74, 6) is -1.60. The van der Waals surface area contributed by atoms with Gasteiger partial charge in [0.1, 0.15) is 0 Å². The summed E-state index contributed by atoms with van der Waals surface area (Å²) in [4.78, 5) is 28.5. The number of hydrogen-bond acceptors (Lipinski definition) is 4. The van der Waals surface area contributed by atoms with Crippen molar-refractivity contribution < 1.29 is 23.1 Å². The largest absolute Gasteiger partial charge is 0.481 e. The van der Waals surface area contributed by atoms with E-state index in [9.17, 15) is 23.1 Å². The van der Waals surface area contributed by atoms with E-state index in [-0.39, 0.29) is 35.7 Å². The standard InChI is InChI=1S/C30H37Cl2NO5S/c1-3-5-15-39(37,38)19-26(20-9-10-20)33-28(21-11-13-23(31)14-12-21)25(22-7-6-8-24(32)16-22)17-30(4-2,29(33)36)18-27(34)35/h6-8,11-14,16,20,25-26,28H,3-5,9-10,15,17-19H2,1-2H3,(H,34,35). The maximum absolute atomic E-state index is 14.6. The number of sulfone groups is 1. The third kappa shape index (κ3) is 6.80. The van der Waals surface area contributed by atoms with Crippen molar-refractivity contribution in [1.29, 1.82) is 0 Å². The average Bonchev–Trinajstić information content (AvgIpc) is 3.73. The molecule has 4 unspecified atom stereocenters. The molecule has 2 fully saturated rings. The van der Waals surface area contributed by atoms with Crippen LogP contribution in [-0.2, 0) is 19.4 Å². The first-order valence-electron chi connectivity index (χ1n) is 13.8. The number of nitrogens with zero attached hydrogens (tertiary/aromatic N) is 1. The lowest BCUT2D eigenvalue weighted by Gasteiger charge is -2.53. The van der Waals surface area contributed by atoms with E-state index in [1.54, 1.807) is 23.1 Å². The van der Waals surface area contributed by atoms with Crippen LogP contribution in [0.3, 0.4) is 0 Å². The van der Waals surface area contributed by atoms with Crippen LogP contribution in [0.15, 0.2) is 48.5 Å². The molecule has 0 aromatic heterocycles. The van der Waals surface area contributed by atoms with Crippen molar-refractivity contribution in [2.45, 2.75) is 76.8 Å². The van der Waals surface area contributed by atoms with Crippen molar-refractivity contribution in [1.82, 2.24) is 4.90 Å². The van der Waals surface area contributed by atoms with Crippen molar-refractivity contribution in [3.8, 4) is 0 Å². The lowest BCUT2D eigenvalue weighted by Crippen LogP contribution is -2.59. The Morgan fingerprint density at radius 3 is 2.33 bits per heavy atom. The average molecular weight is 595 g/mol. The highest BCUT2D eigenvalue weighted by molar-refractivity contribution is 7.91. The maximum Gasteiger partial charge on any atom is 0.304 e. The Hall–Kier alpha value is -2.09. The van der Waals surface area contributed by atoms with Crippen LogP contribution in [-0.4, -0.2) is 47.8 Å². The van der Waals surface area contributed by atoms with Crippen LogP contribution >= 0.6 is 23.2 Å². The number of benzene rings is 2. The molecule has 2 aromatic carbocycles. The number of halogens is 2. The molecule has 4 rings (SSSR count). The molecule has 2 aliphatic rings. The molecule has 0 radical (unpaired) electrons. The van der Waals surface area contributed by atoms with Gasteiger partial charge in [-0.15, -0.1) is 0 Å². The Labute approximate surface area is 241 Å². The number of carbonyl (C=O) groups is 2. The van der Waals surface area contributed by atoms with Crippen LogP contribution in [0.2, 0.25) is 10.0 Å². The van der Waals surface area contributed by atoms with Crippen LogP contribution in [0.1, 0.15) is 81.9 Å². The minimum absolute atomic E-state index is 0.0534. The number of carboxylic acid groups (broad SMARTS) is 1. The van der Waals surface area contributed by atoms with Gasteiger partial charge in [-0.1, -0.05) is 67.7 Å². The predicted octanol–water partition coefficient (Wildman–Crippen LogP) is 6.92. The molecule has 0 spiro atoms. The molecule has 39 heavy (non-hydrogen) atoms. The highest BCUT2D eigenvalue weighted by Crippen LogP contribution is 2.55. The lowest BCUT2D eigenvalue weighted by atomic mass is 9.65. The third-order valence-corrected chi connectivity index (χ3v) is 10.6.